The summed E-state index contributed by atoms with van der Waals surface area (Å²) >= 11 is 12.6. The molecule has 0 saturated carbocycles. The van der Waals surface area contributed by atoms with E-state index in [4.69, 9.17) is 32.5 Å². The van der Waals surface area contributed by atoms with Crippen molar-refractivity contribution in [3.63, 3.8) is 0 Å². The highest BCUT2D eigenvalue weighted by Gasteiger charge is 2.40. The van der Waals surface area contributed by atoms with Crippen molar-refractivity contribution in [3.05, 3.63) is 75.1 Å². The number of Topliss-reactive ketones (excluding diaryl/α,β-unsaturated/α-hetero) is 1. The van der Waals surface area contributed by atoms with Crippen molar-refractivity contribution in [2.24, 2.45) is 0 Å². The highest BCUT2D eigenvalue weighted by atomic mass is 35.5. The number of aromatic nitrogens is 2. The van der Waals surface area contributed by atoms with Crippen LogP contribution in [0.5, 0.6) is 5.75 Å². The van der Waals surface area contributed by atoms with Gasteiger partial charge in [-0.05, 0) is 48.5 Å². The fraction of sp³-hybridized carbons (Fsp3) is 0.0952. The fourth-order valence-corrected chi connectivity index (χ4v) is 4.01. The van der Waals surface area contributed by atoms with Gasteiger partial charge in [0, 0.05) is 21.2 Å². The molecule has 0 aliphatic carbocycles. The van der Waals surface area contributed by atoms with Crippen LogP contribution in [0, 0.1) is 0 Å². The van der Waals surface area contributed by atoms with Crippen molar-refractivity contribution >= 4 is 40.3 Å². The maximum atomic E-state index is 12.6. The zero-order valence-corrected chi connectivity index (χ0v) is 18.1. The monoisotopic (exact) mass is 498 g/mol. The van der Waals surface area contributed by atoms with Crippen LogP contribution < -0.4 is 4.74 Å². The van der Waals surface area contributed by atoms with E-state index in [2.05, 4.69) is 10.1 Å². The van der Waals surface area contributed by atoms with Crippen LogP contribution in [0.3, 0.4) is 0 Å². The predicted molar refractivity (Wildman–Crippen MR) is 114 cm³/mol. The van der Waals surface area contributed by atoms with Crippen molar-refractivity contribution < 1.29 is 27.2 Å². The second-order valence-electron chi connectivity index (χ2n) is 6.46. The number of ketones is 1. The first-order valence-electron chi connectivity index (χ1n) is 8.93. The molecular weight excluding hydrogens is 488 g/mol. The van der Waals surface area contributed by atoms with Crippen molar-refractivity contribution in [1.82, 2.24) is 10.1 Å². The average Bonchev–Trinajstić information content (AvgIpc) is 3.42. The van der Waals surface area contributed by atoms with Crippen LogP contribution >= 0.6 is 34.5 Å². The molecule has 164 valence electrons. The van der Waals surface area contributed by atoms with Crippen LogP contribution in [0.2, 0.25) is 10.0 Å². The van der Waals surface area contributed by atoms with Gasteiger partial charge in [0.05, 0.1) is 9.75 Å². The van der Waals surface area contributed by atoms with Gasteiger partial charge in [-0.15, -0.1) is 11.3 Å². The van der Waals surface area contributed by atoms with E-state index in [1.165, 1.54) is 6.07 Å². The molecule has 11 heteroatoms. The number of carbonyl (C=O) groups excluding carboxylic acids is 1. The summed E-state index contributed by atoms with van der Waals surface area (Å²) in [5, 5.41) is 4.89. The molecule has 2 aromatic heterocycles. The molecule has 0 aliphatic rings. The lowest BCUT2D eigenvalue weighted by Crippen LogP contribution is -2.21. The molecule has 0 aliphatic heterocycles. The lowest BCUT2D eigenvalue weighted by atomic mass is 10.2. The van der Waals surface area contributed by atoms with E-state index < -0.39 is 16.8 Å². The van der Waals surface area contributed by atoms with Crippen molar-refractivity contribution in [2.45, 2.75) is 12.8 Å². The summed E-state index contributed by atoms with van der Waals surface area (Å²) in [5.74, 6) is -1.07. The van der Waals surface area contributed by atoms with Gasteiger partial charge in [-0.2, -0.15) is 18.2 Å². The Morgan fingerprint density at radius 1 is 1.06 bits per heavy atom. The smallest absolute Gasteiger partial charge is 0.455 e. The molecule has 0 atom stereocenters. The average molecular weight is 499 g/mol. The molecule has 0 spiro atoms. The zero-order valence-electron chi connectivity index (χ0n) is 15.8. The fourth-order valence-electron chi connectivity index (χ4n) is 2.66. The van der Waals surface area contributed by atoms with Crippen LogP contribution in [0.1, 0.15) is 15.2 Å². The largest absolute Gasteiger partial charge is 0.489 e. The summed E-state index contributed by atoms with van der Waals surface area (Å²) in [7, 11) is 0. The van der Waals surface area contributed by atoms with Crippen LogP contribution in [-0.2, 0) is 6.61 Å². The summed E-state index contributed by atoms with van der Waals surface area (Å²) in [6, 6.07) is 14.4. The highest BCUT2D eigenvalue weighted by Crippen LogP contribution is 2.32. The molecule has 0 N–H and O–H groups in total. The summed E-state index contributed by atoms with van der Waals surface area (Å²) < 4.78 is 48.6. The first-order chi connectivity index (χ1) is 15.2. The first kappa shape index (κ1) is 22.3. The molecule has 0 radical (unpaired) electrons. The topological polar surface area (TPSA) is 65.2 Å². The number of rotatable bonds is 6. The van der Waals surface area contributed by atoms with Crippen LogP contribution in [0.25, 0.3) is 22.2 Å². The Balaban J connectivity index is 1.44. The van der Waals surface area contributed by atoms with Gasteiger partial charge < -0.3 is 9.26 Å². The molecular formula is C21H11Cl2F3N2O3S. The summed E-state index contributed by atoms with van der Waals surface area (Å²) in [4.78, 5) is 15.3. The molecule has 5 nitrogen and oxygen atoms in total. The van der Waals surface area contributed by atoms with Crippen LogP contribution in [0.4, 0.5) is 13.2 Å². The maximum Gasteiger partial charge on any atom is 0.455 e. The van der Waals surface area contributed by atoms with Gasteiger partial charge >= 0.3 is 6.18 Å². The minimum Gasteiger partial charge on any atom is -0.489 e. The predicted octanol–water partition coefficient (Wildman–Crippen LogP) is 7.10. The van der Waals surface area contributed by atoms with Gasteiger partial charge in [0.1, 0.15) is 12.4 Å². The van der Waals surface area contributed by atoms with Gasteiger partial charge in [-0.1, -0.05) is 34.4 Å². The van der Waals surface area contributed by atoms with Gasteiger partial charge in [-0.25, -0.2) is 0 Å². The number of thiophene rings is 1. The SMILES string of the molecule is O=C(c1ccc(-c2nc(-c3ccc(OCc4ccc(Cl)cc4Cl)cc3)no2)s1)C(F)(F)F. The third-order valence-electron chi connectivity index (χ3n) is 4.25. The van der Waals surface area contributed by atoms with E-state index in [1.807, 2.05) is 0 Å². The molecule has 2 aromatic carbocycles. The van der Waals surface area contributed by atoms with E-state index >= 15 is 0 Å². The van der Waals surface area contributed by atoms with E-state index in [9.17, 15) is 18.0 Å². The summed E-state index contributed by atoms with van der Waals surface area (Å²) in [5.41, 5.74) is 1.39. The van der Waals surface area contributed by atoms with Crippen molar-refractivity contribution in [2.75, 3.05) is 0 Å². The van der Waals surface area contributed by atoms with Crippen molar-refractivity contribution in [3.8, 4) is 27.9 Å². The Morgan fingerprint density at radius 3 is 2.50 bits per heavy atom. The number of hydrogen-bond donors (Lipinski definition) is 0. The Hall–Kier alpha value is -2.88. The molecule has 0 fully saturated rings. The number of nitrogens with zero attached hydrogens (tertiary/aromatic N) is 2. The standard InChI is InChI=1S/C21H11Cl2F3N2O3S/c22-13-4-1-12(15(23)9-13)10-30-14-5-2-11(3-6-14)19-27-20(31-28-19)17-8-7-16(32-17)18(29)21(24,25)26/h1-9H,10H2. The van der Waals surface area contributed by atoms with E-state index in [0.29, 0.717) is 32.7 Å². The Morgan fingerprint density at radius 2 is 1.81 bits per heavy atom. The molecule has 0 bridgehead atoms. The molecule has 4 aromatic rings. The Labute approximate surface area is 193 Å². The second kappa shape index (κ2) is 8.93. The summed E-state index contributed by atoms with van der Waals surface area (Å²) in [6.07, 6.45) is -4.94. The van der Waals surface area contributed by atoms with E-state index in [0.717, 1.165) is 11.6 Å². The maximum absolute atomic E-state index is 12.6. The van der Waals surface area contributed by atoms with E-state index in [1.54, 1.807) is 42.5 Å². The quantitative estimate of drug-likeness (QED) is 0.265. The zero-order chi connectivity index (χ0) is 22.9. The third-order valence-corrected chi connectivity index (χ3v) is 5.90. The number of carbonyl (C=O) groups is 1. The lowest BCUT2D eigenvalue weighted by Gasteiger charge is -2.08. The van der Waals surface area contributed by atoms with Gasteiger partial charge in [0.25, 0.3) is 11.7 Å². The number of benzene rings is 2. The van der Waals surface area contributed by atoms with Gasteiger partial charge in [-0.3, -0.25) is 4.79 Å². The lowest BCUT2D eigenvalue weighted by molar-refractivity contribution is -0.0882. The molecule has 0 unspecified atom stereocenters. The molecule has 32 heavy (non-hydrogen) atoms. The number of alkyl halides is 3. The van der Waals surface area contributed by atoms with Gasteiger partial charge in [0.2, 0.25) is 5.82 Å². The Bertz CT molecular complexity index is 1270. The minimum atomic E-state index is -4.94. The number of halogens is 5. The molecule has 2 heterocycles. The van der Waals surface area contributed by atoms with Crippen LogP contribution in [-0.4, -0.2) is 22.1 Å². The highest BCUT2D eigenvalue weighted by molar-refractivity contribution is 7.17. The second-order valence-corrected chi connectivity index (χ2v) is 8.39. The number of ether oxygens (including phenoxy) is 1. The third kappa shape index (κ3) is 4.95. The Kier molecular flexibility index (Phi) is 6.23. The normalized spacial score (nSPS) is 11.5. The summed E-state index contributed by atoms with van der Waals surface area (Å²) in [6.45, 7) is 0.249. The minimum absolute atomic E-state index is 0.0175. The van der Waals surface area contributed by atoms with Crippen molar-refractivity contribution in [1.29, 1.82) is 0 Å². The molecule has 0 amide bonds. The van der Waals surface area contributed by atoms with E-state index in [-0.39, 0.29) is 23.2 Å². The number of hydrogen-bond acceptors (Lipinski definition) is 6. The van der Waals surface area contributed by atoms with Gasteiger partial charge in [0.15, 0.2) is 0 Å². The molecule has 0 saturated heterocycles. The van der Waals surface area contributed by atoms with Crippen LogP contribution in [0.15, 0.2) is 59.1 Å². The molecule has 4 rings (SSSR count). The first-order valence-corrected chi connectivity index (χ1v) is 10.5.